The second-order valence-corrected chi connectivity index (χ2v) is 7.42. The van der Waals surface area contributed by atoms with Crippen molar-refractivity contribution in [2.24, 2.45) is 0 Å². The molecule has 7 nitrogen and oxygen atoms in total. The lowest BCUT2D eigenvalue weighted by molar-refractivity contribution is 0.0889. The summed E-state index contributed by atoms with van der Waals surface area (Å²) >= 11 is 0. The van der Waals surface area contributed by atoms with Gasteiger partial charge in [-0.2, -0.15) is 0 Å². The Morgan fingerprint density at radius 1 is 1.32 bits per heavy atom. The Morgan fingerprint density at radius 2 is 2.00 bits per heavy atom. The SMILES string of the molecule is CS(=O)(=O)N1CCC(NC(=O)c2onc3ccccc23)CC1. The number of hydrogen-bond donors (Lipinski definition) is 1. The number of nitrogens with zero attached hydrogens (tertiary/aromatic N) is 2. The molecule has 3 rings (SSSR count). The lowest BCUT2D eigenvalue weighted by Gasteiger charge is -2.30. The highest BCUT2D eigenvalue weighted by molar-refractivity contribution is 7.88. The highest BCUT2D eigenvalue weighted by atomic mass is 32.2. The molecule has 2 aromatic rings. The number of aromatic nitrogens is 1. The van der Waals surface area contributed by atoms with Gasteiger partial charge in [0.05, 0.1) is 11.6 Å². The smallest absolute Gasteiger partial charge is 0.290 e. The lowest BCUT2D eigenvalue weighted by atomic mass is 10.1. The summed E-state index contributed by atoms with van der Waals surface area (Å²) < 4.78 is 29.5. The van der Waals surface area contributed by atoms with Crippen LogP contribution in [0.3, 0.4) is 0 Å². The Kier molecular flexibility index (Phi) is 3.88. The standard InChI is InChI=1S/C14H17N3O4S/c1-22(19,20)17-8-6-10(7-9-17)15-14(18)13-11-4-2-3-5-12(11)16-21-13/h2-5,10H,6-9H2,1H3,(H,15,18). The number of hydrogen-bond acceptors (Lipinski definition) is 5. The number of rotatable bonds is 3. The molecular weight excluding hydrogens is 306 g/mol. The number of nitrogens with one attached hydrogen (secondary N) is 1. The molecule has 1 amide bonds. The molecule has 0 spiro atoms. The van der Waals surface area contributed by atoms with E-state index in [0.29, 0.717) is 36.8 Å². The van der Waals surface area contributed by atoms with Crippen LogP contribution in [0.25, 0.3) is 10.9 Å². The quantitative estimate of drug-likeness (QED) is 0.909. The summed E-state index contributed by atoms with van der Waals surface area (Å²) in [6.07, 6.45) is 2.38. The molecule has 0 bridgehead atoms. The van der Waals surface area contributed by atoms with E-state index in [1.807, 2.05) is 12.1 Å². The van der Waals surface area contributed by atoms with Gasteiger partial charge in [-0.05, 0) is 25.0 Å². The number of sulfonamides is 1. The van der Waals surface area contributed by atoms with Gasteiger partial charge in [-0.15, -0.1) is 0 Å². The molecule has 0 radical (unpaired) electrons. The van der Waals surface area contributed by atoms with E-state index >= 15 is 0 Å². The van der Waals surface area contributed by atoms with Crippen LogP contribution in [0.5, 0.6) is 0 Å². The summed E-state index contributed by atoms with van der Waals surface area (Å²) in [6.45, 7) is 0.835. The van der Waals surface area contributed by atoms with Gasteiger partial charge in [0.15, 0.2) is 0 Å². The first-order chi connectivity index (χ1) is 10.4. The van der Waals surface area contributed by atoms with Crippen molar-refractivity contribution in [3.8, 4) is 0 Å². The maximum Gasteiger partial charge on any atom is 0.290 e. The molecule has 1 saturated heterocycles. The average Bonchev–Trinajstić information content (AvgIpc) is 2.91. The molecule has 0 unspecified atom stereocenters. The number of amides is 1. The van der Waals surface area contributed by atoms with Gasteiger partial charge in [-0.3, -0.25) is 4.79 Å². The molecule has 1 aliphatic rings. The normalized spacial score (nSPS) is 17.7. The Balaban J connectivity index is 1.66. The fourth-order valence-electron chi connectivity index (χ4n) is 2.64. The minimum absolute atomic E-state index is 0.0608. The van der Waals surface area contributed by atoms with Gasteiger partial charge < -0.3 is 9.84 Å². The van der Waals surface area contributed by atoms with Crippen LogP contribution in [0.15, 0.2) is 28.8 Å². The summed E-state index contributed by atoms with van der Waals surface area (Å²) in [7, 11) is -3.16. The summed E-state index contributed by atoms with van der Waals surface area (Å²) in [5.41, 5.74) is 0.638. The molecule has 1 fully saturated rings. The van der Waals surface area contributed by atoms with E-state index in [2.05, 4.69) is 10.5 Å². The zero-order valence-electron chi connectivity index (χ0n) is 12.2. The van der Waals surface area contributed by atoms with E-state index in [4.69, 9.17) is 4.52 Å². The van der Waals surface area contributed by atoms with Crippen LogP contribution in [-0.2, 0) is 10.0 Å². The van der Waals surface area contributed by atoms with Gasteiger partial charge >= 0.3 is 0 Å². The zero-order valence-corrected chi connectivity index (χ0v) is 13.0. The summed E-state index contributed by atoms with van der Waals surface area (Å²) in [4.78, 5) is 12.3. The van der Waals surface area contributed by atoms with E-state index in [1.165, 1.54) is 10.6 Å². The molecule has 1 aromatic carbocycles. The van der Waals surface area contributed by atoms with Gasteiger partial charge in [0, 0.05) is 19.1 Å². The summed E-state index contributed by atoms with van der Waals surface area (Å²) in [6, 6.07) is 7.15. The molecule has 2 heterocycles. The maximum atomic E-state index is 12.3. The molecule has 0 atom stereocenters. The maximum absolute atomic E-state index is 12.3. The number of carbonyl (C=O) groups is 1. The summed E-state index contributed by atoms with van der Waals surface area (Å²) in [5.74, 6) is -0.118. The first-order valence-corrected chi connectivity index (χ1v) is 8.90. The van der Waals surface area contributed by atoms with Crippen molar-refractivity contribution in [3.05, 3.63) is 30.0 Å². The summed E-state index contributed by atoms with van der Waals surface area (Å²) in [5, 5.41) is 7.42. The van der Waals surface area contributed by atoms with Gasteiger partial charge in [0.25, 0.3) is 5.91 Å². The third-order valence-corrected chi connectivity index (χ3v) is 5.15. The lowest BCUT2D eigenvalue weighted by Crippen LogP contribution is -2.46. The second kappa shape index (κ2) is 5.69. The topological polar surface area (TPSA) is 92.5 Å². The number of carbonyl (C=O) groups excluding carboxylic acids is 1. The van der Waals surface area contributed by atoms with Crippen LogP contribution in [0.1, 0.15) is 23.4 Å². The highest BCUT2D eigenvalue weighted by Crippen LogP contribution is 2.19. The third-order valence-electron chi connectivity index (χ3n) is 3.85. The minimum atomic E-state index is -3.16. The van der Waals surface area contributed by atoms with Crippen LogP contribution in [0.4, 0.5) is 0 Å². The third kappa shape index (κ3) is 2.97. The van der Waals surface area contributed by atoms with E-state index in [0.717, 1.165) is 0 Å². The van der Waals surface area contributed by atoms with Crippen LogP contribution >= 0.6 is 0 Å². The fraction of sp³-hybridized carbons (Fsp3) is 0.429. The number of piperidine rings is 1. The number of benzene rings is 1. The predicted octanol–water partition coefficient (Wildman–Crippen LogP) is 0.982. The van der Waals surface area contributed by atoms with Crippen LogP contribution < -0.4 is 5.32 Å². The molecule has 1 aliphatic heterocycles. The fourth-order valence-corrected chi connectivity index (χ4v) is 3.51. The molecule has 118 valence electrons. The monoisotopic (exact) mass is 323 g/mol. The first kappa shape index (κ1) is 15.0. The number of fused-ring (bicyclic) bond motifs is 1. The van der Waals surface area contributed by atoms with Crippen molar-refractivity contribution >= 4 is 26.8 Å². The minimum Gasteiger partial charge on any atom is -0.350 e. The average molecular weight is 323 g/mol. The van der Waals surface area contributed by atoms with Crippen molar-refractivity contribution in [2.45, 2.75) is 18.9 Å². The highest BCUT2D eigenvalue weighted by Gasteiger charge is 2.27. The Bertz CT molecular complexity index is 791. The van der Waals surface area contributed by atoms with E-state index in [9.17, 15) is 13.2 Å². The predicted molar refractivity (Wildman–Crippen MR) is 80.9 cm³/mol. The second-order valence-electron chi connectivity index (χ2n) is 5.44. The van der Waals surface area contributed by atoms with Crippen molar-refractivity contribution in [1.82, 2.24) is 14.8 Å². The first-order valence-electron chi connectivity index (χ1n) is 7.05. The van der Waals surface area contributed by atoms with Crippen molar-refractivity contribution < 1.29 is 17.7 Å². The van der Waals surface area contributed by atoms with Crippen LogP contribution in [-0.4, -0.2) is 49.2 Å². The molecule has 1 N–H and O–H groups in total. The molecule has 0 saturated carbocycles. The van der Waals surface area contributed by atoms with Crippen molar-refractivity contribution in [1.29, 1.82) is 0 Å². The van der Waals surface area contributed by atoms with Crippen molar-refractivity contribution in [2.75, 3.05) is 19.3 Å². The molecule has 1 aromatic heterocycles. The van der Waals surface area contributed by atoms with E-state index in [1.54, 1.807) is 12.1 Å². The Hall–Kier alpha value is -1.93. The van der Waals surface area contributed by atoms with Gasteiger partial charge in [-0.1, -0.05) is 17.3 Å². The van der Waals surface area contributed by atoms with Crippen LogP contribution in [0.2, 0.25) is 0 Å². The van der Waals surface area contributed by atoms with Crippen molar-refractivity contribution in [3.63, 3.8) is 0 Å². The van der Waals surface area contributed by atoms with Gasteiger partial charge in [0.2, 0.25) is 15.8 Å². The van der Waals surface area contributed by atoms with E-state index in [-0.39, 0.29) is 17.7 Å². The molecule has 0 aliphatic carbocycles. The largest absolute Gasteiger partial charge is 0.350 e. The van der Waals surface area contributed by atoms with Crippen LogP contribution in [0, 0.1) is 0 Å². The van der Waals surface area contributed by atoms with Gasteiger partial charge in [-0.25, -0.2) is 12.7 Å². The molecule has 22 heavy (non-hydrogen) atoms. The Morgan fingerprint density at radius 3 is 2.68 bits per heavy atom. The van der Waals surface area contributed by atoms with E-state index < -0.39 is 10.0 Å². The Labute approximate surface area is 128 Å². The molecule has 8 heteroatoms. The molecular formula is C14H17N3O4S. The zero-order chi connectivity index (χ0) is 15.7. The van der Waals surface area contributed by atoms with Gasteiger partial charge in [0.1, 0.15) is 5.52 Å².